The molecule has 4 aliphatic rings. The summed E-state index contributed by atoms with van der Waals surface area (Å²) in [5, 5.41) is 0. The van der Waals surface area contributed by atoms with Crippen LogP contribution >= 0.6 is 0 Å². The summed E-state index contributed by atoms with van der Waals surface area (Å²) in [5.41, 5.74) is 4.18. The van der Waals surface area contributed by atoms with Crippen LogP contribution in [0, 0.1) is 46.3 Å². The Morgan fingerprint density at radius 1 is 1.16 bits per heavy atom. The first kappa shape index (κ1) is 17.9. The van der Waals surface area contributed by atoms with E-state index in [0.717, 1.165) is 35.5 Å². The lowest BCUT2D eigenvalue weighted by Crippen LogP contribution is -2.48. The Kier molecular flexibility index (Phi) is 4.29. The molecule has 4 rings (SSSR count). The summed E-state index contributed by atoms with van der Waals surface area (Å²) < 4.78 is 0. The van der Waals surface area contributed by atoms with Crippen molar-refractivity contribution in [2.45, 2.75) is 86.0 Å². The standard InChI is InChI=1S/C25H40/c1-7-17(3)21-10-11-22-20-9-8-19-14-16(2)12-13-24(19,5)23(20)15-18(4)25(21,22)6/h15-17,19-22H,4,7-14H2,1-3,5-6H3/t16-,17-,19?,20?,21?,22?,24?,25?/m1/s1. The Balaban J connectivity index is 1.72. The van der Waals surface area contributed by atoms with Crippen molar-refractivity contribution in [3.05, 3.63) is 23.8 Å². The van der Waals surface area contributed by atoms with E-state index in [1.54, 1.807) is 0 Å². The summed E-state index contributed by atoms with van der Waals surface area (Å²) in [5.74, 6) is 5.29. The lowest BCUT2D eigenvalue weighted by molar-refractivity contribution is 0.0287. The summed E-state index contributed by atoms with van der Waals surface area (Å²) >= 11 is 0. The van der Waals surface area contributed by atoms with Crippen molar-refractivity contribution >= 4 is 0 Å². The molecule has 8 atom stereocenters. The zero-order chi connectivity index (χ0) is 18.0. The second kappa shape index (κ2) is 6.00. The van der Waals surface area contributed by atoms with Gasteiger partial charge in [-0.15, -0.1) is 0 Å². The van der Waals surface area contributed by atoms with Gasteiger partial charge in [-0.2, -0.15) is 0 Å². The van der Waals surface area contributed by atoms with E-state index in [4.69, 9.17) is 6.58 Å². The second-order valence-electron chi connectivity index (χ2n) is 10.8. The molecule has 0 bridgehead atoms. The quantitative estimate of drug-likeness (QED) is 0.491. The fourth-order valence-electron chi connectivity index (χ4n) is 7.91. The molecular formula is C25H40. The molecule has 0 aliphatic heterocycles. The third kappa shape index (κ3) is 2.38. The van der Waals surface area contributed by atoms with Gasteiger partial charge in [0.15, 0.2) is 0 Å². The van der Waals surface area contributed by atoms with Gasteiger partial charge in [0.05, 0.1) is 0 Å². The molecule has 0 aromatic heterocycles. The highest BCUT2D eigenvalue weighted by Crippen LogP contribution is 2.67. The van der Waals surface area contributed by atoms with Crippen LogP contribution in [-0.2, 0) is 0 Å². The number of rotatable bonds is 2. The van der Waals surface area contributed by atoms with Crippen molar-refractivity contribution in [2.75, 3.05) is 0 Å². The molecule has 0 heteroatoms. The topological polar surface area (TPSA) is 0 Å². The van der Waals surface area contributed by atoms with Crippen molar-refractivity contribution < 1.29 is 0 Å². The molecule has 4 aliphatic carbocycles. The Bertz CT molecular complexity index is 583. The Morgan fingerprint density at radius 2 is 1.92 bits per heavy atom. The monoisotopic (exact) mass is 340 g/mol. The zero-order valence-electron chi connectivity index (χ0n) is 17.4. The molecule has 0 heterocycles. The molecule has 0 N–H and O–H groups in total. The highest BCUT2D eigenvalue weighted by molar-refractivity contribution is 5.41. The zero-order valence-corrected chi connectivity index (χ0v) is 17.4. The molecule has 0 radical (unpaired) electrons. The van der Waals surface area contributed by atoms with Gasteiger partial charge in [-0.05, 0) is 96.9 Å². The molecule has 3 saturated carbocycles. The van der Waals surface area contributed by atoms with Crippen LogP contribution in [0.5, 0.6) is 0 Å². The van der Waals surface area contributed by atoms with Gasteiger partial charge in [0.1, 0.15) is 0 Å². The molecule has 3 fully saturated rings. The second-order valence-corrected chi connectivity index (χ2v) is 10.8. The third-order valence-corrected chi connectivity index (χ3v) is 9.80. The molecule has 25 heavy (non-hydrogen) atoms. The summed E-state index contributed by atoms with van der Waals surface area (Å²) in [7, 11) is 0. The molecule has 0 aromatic carbocycles. The summed E-state index contributed by atoms with van der Waals surface area (Å²) in [4.78, 5) is 0. The molecule has 0 saturated heterocycles. The average molecular weight is 341 g/mol. The van der Waals surface area contributed by atoms with Crippen LogP contribution in [-0.4, -0.2) is 0 Å². The molecule has 140 valence electrons. The average Bonchev–Trinajstić information content (AvgIpc) is 2.95. The van der Waals surface area contributed by atoms with Gasteiger partial charge >= 0.3 is 0 Å². The van der Waals surface area contributed by atoms with Crippen LogP contribution in [0.2, 0.25) is 0 Å². The number of fused-ring (bicyclic) bond motifs is 5. The lowest BCUT2D eigenvalue weighted by atomic mass is 9.47. The van der Waals surface area contributed by atoms with E-state index in [0.29, 0.717) is 10.8 Å². The molecule has 0 spiro atoms. The predicted octanol–water partition coefficient (Wildman–Crippen LogP) is 7.41. The molecule has 0 amide bonds. The van der Waals surface area contributed by atoms with Gasteiger partial charge in [-0.3, -0.25) is 0 Å². The maximum Gasteiger partial charge on any atom is -0.00164 e. The van der Waals surface area contributed by atoms with Crippen molar-refractivity contribution in [3.63, 3.8) is 0 Å². The fraction of sp³-hybridized carbons (Fsp3) is 0.840. The molecular weight excluding hydrogens is 300 g/mol. The first-order valence-corrected chi connectivity index (χ1v) is 11.2. The minimum atomic E-state index is 0.370. The van der Waals surface area contributed by atoms with E-state index in [1.165, 1.54) is 56.9 Å². The fourth-order valence-corrected chi connectivity index (χ4v) is 7.91. The van der Waals surface area contributed by atoms with E-state index in [9.17, 15) is 0 Å². The van der Waals surface area contributed by atoms with Crippen molar-refractivity contribution in [3.8, 4) is 0 Å². The SMILES string of the molecule is C=C1C=C2C(CCC3C[C@H](C)CCC23C)C2CCC([C@H](C)CC)C12C. The number of allylic oxidation sites excluding steroid dienone is 3. The van der Waals surface area contributed by atoms with Gasteiger partial charge in [0.25, 0.3) is 0 Å². The lowest BCUT2D eigenvalue weighted by Gasteiger charge is -2.57. The maximum atomic E-state index is 4.69. The normalized spacial score (nSPS) is 50.5. The predicted molar refractivity (Wildman–Crippen MR) is 108 cm³/mol. The van der Waals surface area contributed by atoms with E-state index in [2.05, 4.69) is 40.7 Å². The number of hydrogen-bond acceptors (Lipinski definition) is 0. The Hall–Kier alpha value is -0.520. The van der Waals surface area contributed by atoms with Crippen LogP contribution in [0.1, 0.15) is 86.0 Å². The van der Waals surface area contributed by atoms with Crippen LogP contribution < -0.4 is 0 Å². The molecule has 0 aromatic rings. The smallest absolute Gasteiger partial charge is 0.00164 e. The summed E-state index contributed by atoms with van der Waals surface area (Å²) in [6.07, 6.45) is 14.1. The third-order valence-electron chi connectivity index (χ3n) is 9.80. The van der Waals surface area contributed by atoms with Crippen molar-refractivity contribution in [1.82, 2.24) is 0 Å². The number of hydrogen-bond donors (Lipinski definition) is 0. The summed E-state index contributed by atoms with van der Waals surface area (Å²) in [6.45, 7) is 17.3. The first-order chi connectivity index (χ1) is 11.8. The van der Waals surface area contributed by atoms with Crippen LogP contribution in [0.25, 0.3) is 0 Å². The highest BCUT2D eigenvalue weighted by Gasteiger charge is 2.58. The van der Waals surface area contributed by atoms with Gasteiger partial charge in [0, 0.05) is 0 Å². The molecule has 6 unspecified atom stereocenters. The van der Waals surface area contributed by atoms with E-state index < -0.39 is 0 Å². The Morgan fingerprint density at radius 3 is 2.64 bits per heavy atom. The minimum absolute atomic E-state index is 0.370. The van der Waals surface area contributed by atoms with Gasteiger partial charge in [-0.1, -0.05) is 59.3 Å². The Labute approximate surface area is 156 Å². The van der Waals surface area contributed by atoms with E-state index in [-0.39, 0.29) is 0 Å². The van der Waals surface area contributed by atoms with Crippen molar-refractivity contribution in [2.24, 2.45) is 46.3 Å². The van der Waals surface area contributed by atoms with Crippen LogP contribution in [0.15, 0.2) is 23.8 Å². The van der Waals surface area contributed by atoms with E-state index in [1.807, 2.05) is 5.57 Å². The van der Waals surface area contributed by atoms with Gasteiger partial charge in [-0.25, -0.2) is 0 Å². The summed E-state index contributed by atoms with van der Waals surface area (Å²) in [6, 6.07) is 0. The minimum Gasteiger partial charge on any atom is -0.0953 e. The highest BCUT2D eigenvalue weighted by atomic mass is 14.6. The van der Waals surface area contributed by atoms with Crippen LogP contribution in [0.3, 0.4) is 0 Å². The largest absolute Gasteiger partial charge is 0.0953 e. The van der Waals surface area contributed by atoms with Crippen molar-refractivity contribution in [1.29, 1.82) is 0 Å². The van der Waals surface area contributed by atoms with Gasteiger partial charge < -0.3 is 0 Å². The molecule has 0 nitrogen and oxygen atoms in total. The van der Waals surface area contributed by atoms with E-state index >= 15 is 0 Å². The van der Waals surface area contributed by atoms with Crippen LogP contribution in [0.4, 0.5) is 0 Å². The first-order valence-electron chi connectivity index (χ1n) is 11.2. The maximum absolute atomic E-state index is 4.69. The van der Waals surface area contributed by atoms with Gasteiger partial charge in [0.2, 0.25) is 0 Å².